The number of rotatable bonds is 7. The van der Waals surface area contributed by atoms with Crippen LogP contribution in [-0.4, -0.2) is 48.0 Å². The Labute approximate surface area is 238 Å². The summed E-state index contributed by atoms with van der Waals surface area (Å²) in [5.41, 5.74) is 4.28. The summed E-state index contributed by atoms with van der Waals surface area (Å²) >= 11 is 3.10. The lowest BCUT2D eigenvalue weighted by Gasteiger charge is -2.39. The van der Waals surface area contributed by atoms with E-state index in [-0.39, 0.29) is 23.9 Å². The number of carbonyl (C=O) groups is 1. The van der Waals surface area contributed by atoms with Gasteiger partial charge in [-0.25, -0.2) is 0 Å². The highest BCUT2D eigenvalue weighted by atomic mass is 32.2. The second kappa shape index (κ2) is 11.0. The van der Waals surface area contributed by atoms with E-state index in [9.17, 15) is 9.59 Å². The van der Waals surface area contributed by atoms with Crippen molar-refractivity contribution in [3.63, 3.8) is 0 Å². The van der Waals surface area contributed by atoms with Gasteiger partial charge in [-0.2, -0.15) is 11.3 Å². The van der Waals surface area contributed by atoms with E-state index in [0.29, 0.717) is 28.7 Å². The quantitative estimate of drug-likeness (QED) is 0.342. The number of fused-ring (bicyclic) bond motifs is 1. The Hall–Kier alpha value is -2.75. The van der Waals surface area contributed by atoms with E-state index in [0.717, 1.165) is 53.0 Å². The molecule has 1 aliphatic heterocycles. The van der Waals surface area contributed by atoms with Gasteiger partial charge in [0, 0.05) is 58.3 Å². The zero-order valence-electron chi connectivity index (χ0n) is 23.5. The first-order valence-electron chi connectivity index (χ1n) is 13.4. The first-order chi connectivity index (χ1) is 18.6. The second-order valence-corrected chi connectivity index (χ2v) is 12.6. The molecule has 3 heterocycles. The third-order valence-corrected chi connectivity index (χ3v) is 9.70. The maximum absolute atomic E-state index is 13.6. The number of aromatic amines is 1. The van der Waals surface area contributed by atoms with Crippen LogP contribution in [0.3, 0.4) is 0 Å². The molecule has 7 nitrogen and oxygen atoms in total. The maximum atomic E-state index is 13.6. The molecule has 0 bridgehead atoms. The van der Waals surface area contributed by atoms with Crippen molar-refractivity contribution in [1.82, 2.24) is 15.2 Å². The lowest BCUT2D eigenvalue weighted by Crippen LogP contribution is -2.46. The normalized spacial score (nSPS) is 22.3. The predicted molar refractivity (Wildman–Crippen MR) is 158 cm³/mol. The van der Waals surface area contributed by atoms with Crippen molar-refractivity contribution >= 4 is 29.0 Å². The Morgan fingerprint density at radius 1 is 1.18 bits per heavy atom. The zero-order valence-corrected chi connectivity index (χ0v) is 25.1. The molecule has 1 fully saturated rings. The fraction of sp³-hybridized carbons (Fsp3) is 0.467. The number of hydrogen-bond acceptors (Lipinski definition) is 7. The van der Waals surface area contributed by atoms with Crippen LogP contribution < -0.4 is 20.3 Å². The lowest BCUT2D eigenvalue weighted by atomic mass is 9.81. The van der Waals surface area contributed by atoms with Crippen molar-refractivity contribution < 1.29 is 14.3 Å². The molecular formula is C30H37N3O4S2. The first-order valence-corrected chi connectivity index (χ1v) is 15.6. The summed E-state index contributed by atoms with van der Waals surface area (Å²) in [7, 11) is 4.29. The van der Waals surface area contributed by atoms with E-state index in [1.54, 1.807) is 11.3 Å². The highest BCUT2D eigenvalue weighted by Crippen LogP contribution is 2.53. The molecule has 0 spiro atoms. The van der Waals surface area contributed by atoms with Gasteiger partial charge in [0.1, 0.15) is 0 Å². The van der Waals surface area contributed by atoms with Gasteiger partial charge < -0.3 is 24.7 Å². The Balaban J connectivity index is 1.45. The van der Waals surface area contributed by atoms with E-state index < -0.39 is 5.79 Å². The predicted octanol–water partition coefficient (Wildman–Crippen LogP) is 5.98. The minimum atomic E-state index is -0.785. The van der Waals surface area contributed by atoms with Gasteiger partial charge in [0.25, 0.3) is 17.3 Å². The number of benzene rings is 1. The van der Waals surface area contributed by atoms with Crippen molar-refractivity contribution in [1.29, 1.82) is 0 Å². The average molecular weight is 568 g/mol. The van der Waals surface area contributed by atoms with Crippen LogP contribution in [0.5, 0.6) is 11.5 Å². The fourth-order valence-corrected chi connectivity index (χ4v) is 7.20. The van der Waals surface area contributed by atoms with Crippen LogP contribution in [0, 0.1) is 19.8 Å². The molecule has 39 heavy (non-hydrogen) atoms. The molecule has 1 saturated carbocycles. The Bertz CT molecular complexity index is 1420. The molecule has 9 heteroatoms. The molecule has 0 saturated heterocycles. The van der Waals surface area contributed by atoms with Crippen LogP contribution in [0.4, 0.5) is 0 Å². The molecule has 2 N–H and O–H groups in total. The Kier molecular flexibility index (Phi) is 7.86. The summed E-state index contributed by atoms with van der Waals surface area (Å²) in [6, 6.07) is 6.45. The van der Waals surface area contributed by atoms with E-state index in [1.807, 2.05) is 50.6 Å². The first kappa shape index (κ1) is 27.8. The van der Waals surface area contributed by atoms with Crippen LogP contribution in [-0.2, 0) is 6.54 Å². The van der Waals surface area contributed by atoms with E-state index >= 15 is 0 Å². The smallest absolute Gasteiger partial charge is 0.254 e. The van der Waals surface area contributed by atoms with Crippen molar-refractivity contribution in [3.8, 4) is 22.6 Å². The maximum Gasteiger partial charge on any atom is 0.254 e. The minimum Gasteiger partial charge on any atom is -0.448 e. The van der Waals surface area contributed by atoms with Crippen LogP contribution in [0.25, 0.3) is 11.1 Å². The third-order valence-electron chi connectivity index (χ3n) is 8.21. The molecular weight excluding hydrogens is 530 g/mol. The molecule has 3 aromatic rings. The molecule has 0 radical (unpaired) electrons. The minimum absolute atomic E-state index is 0.138. The lowest BCUT2D eigenvalue weighted by molar-refractivity contribution is -0.123. The summed E-state index contributed by atoms with van der Waals surface area (Å²) in [6.45, 7) is 5.94. The second-order valence-electron chi connectivity index (χ2n) is 11.0. The summed E-state index contributed by atoms with van der Waals surface area (Å²) in [5, 5.41) is 7.06. The van der Waals surface area contributed by atoms with Gasteiger partial charge >= 0.3 is 0 Å². The van der Waals surface area contributed by atoms with Crippen molar-refractivity contribution in [2.45, 2.75) is 69.7 Å². The zero-order chi connectivity index (χ0) is 27.9. The van der Waals surface area contributed by atoms with Crippen molar-refractivity contribution in [3.05, 3.63) is 61.7 Å². The molecule has 5 rings (SSSR count). The largest absolute Gasteiger partial charge is 0.448 e. The van der Waals surface area contributed by atoms with Gasteiger partial charge in [0.15, 0.2) is 11.5 Å². The van der Waals surface area contributed by atoms with Crippen LogP contribution in [0.15, 0.2) is 38.6 Å². The highest BCUT2D eigenvalue weighted by Gasteiger charge is 2.47. The van der Waals surface area contributed by atoms with Crippen LogP contribution in [0.1, 0.15) is 59.8 Å². The number of pyridine rings is 1. The molecule has 1 atom stereocenters. The summed E-state index contributed by atoms with van der Waals surface area (Å²) < 4.78 is 13.3. The molecule has 1 aromatic carbocycles. The number of thioether (sulfide) groups is 1. The number of nitrogens with one attached hydrogen (secondary N) is 2. The van der Waals surface area contributed by atoms with Gasteiger partial charge in [0.2, 0.25) is 0 Å². The van der Waals surface area contributed by atoms with Gasteiger partial charge in [0.05, 0.1) is 0 Å². The Morgan fingerprint density at radius 2 is 1.90 bits per heavy atom. The van der Waals surface area contributed by atoms with Gasteiger partial charge in [-0.05, 0) is 94.4 Å². The Morgan fingerprint density at radius 3 is 2.54 bits per heavy atom. The number of H-pyrrole nitrogens is 1. The number of thiophene rings is 1. The molecule has 1 unspecified atom stereocenters. The summed E-state index contributed by atoms with van der Waals surface area (Å²) in [5.74, 6) is 0.569. The number of aryl methyl sites for hydroxylation is 1. The summed E-state index contributed by atoms with van der Waals surface area (Å²) in [6.07, 6.45) is 6.19. The molecule has 2 aromatic heterocycles. The number of nitrogens with zero attached hydrogens (tertiary/aromatic N) is 1. The van der Waals surface area contributed by atoms with E-state index in [2.05, 4.69) is 34.7 Å². The molecule has 1 amide bonds. The van der Waals surface area contributed by atoms with Crippen molar-refractivity contribution in [2.24, 2.45) is 5.92 Å². The van der Waals surface area contributed by atoms with Gasteiger partial charge in [-0.3, -0.25) is 9.59 Å². The van der Waals surface area contributed by atoms with E-state index in [4.69, 9.17) is 9.47 Å². The fourth-order valence-electron chi connectivity index (χ4n) is 5.83. The SMILES string of the molecule is CSc1cc(C)[nH]c(=O)c1CNC(=O)c1cc(-c2ccsc2)c2c(c1C)OC(C)([C@H]1CC[C@H](N(C)C)CC1)O2. The van der Waals surface area contributed by atoms with Crippen molar-refractivity contribution in [2.75, 3.05) is 20.4 Å². The molecule has 1 aliphatic carbocycles. The average Bonchev–Trinajstić information content (AvgIpc) is 3.57. The topological polar surface area (TPSA) is 83.7 Å². The number of ether oxygens (including phenoxy) is 2. The number of aromatic nitrogens is 1. The van der Waals surface area contributed by atoms with Crippen LogP contribution >= 0.6 is 23.1 Å². The number of amides is 1. The van der Waals surface area contributed by atoms with Gasteiger partial charge in [-0.15, -0.1) is 11.8 Å². The third kappa shape index (κ3) is 5.36. The monoisotopic (exact) mass is 567 g/mol. The number of carbonyl (C=O) groups excluding carboxylic acids is 1. The number of hydrogen-bond donors (Lipinski definition) is 2. The van der Waals surface area contributed by atoms with Crippen LogP contribution in [0.2, 0.25) is 0 Å². The highest BCUT2D eigenvalue weighted by molar-refractivity contribution is 7.98. The molecule has 2 aliphatic rings. The van der Waals surface area contributed by atoms with E-state index in [1.165, 1.54) is 11.8 Å². The summed E-state index contributed by atoms with van der Waals surface area (Å²) in [4.78, 5) is 32.2. The standard InChI is InChI=1S/C30H37N3O4S2/c1-17-13-25(38-6)24(29(35)32-17)15-31-28(34)22-14-23(19-11-12-39-16-19)27-26(18(22)2)36-30(3,37-27)20-7-9-21(10-8-20)33(4)5/h11-14,16,20-21H,7-10,15H2,1-6H3,(H,31,34)(H,32,35)/t20-,21-,30?. The van der Waals surface area contributed by atoms with Gasteiger partial charge in [-0.1, -0.05) is 0 Å². The molecule has 208 valence electrons.